The highest BCUT2D eigenvalue weighted by atomic mass is 16.3. The maximum absolute atomic E-state index is 13.1. The van der Waals surface area contributed by atoms with Gasteiger partial charge in [-0.2, -0.15) is 0 Å². The van der Waals surface area contributed by atoms with Gasteiger partial charge in [0, 0.05) is 50.7 Å². The fourth-order valence-electron chi connectivity index (χ4n) is 5.55. The van der Waals surface area contributed by atoms with E-state index in [1.54, 1.807) is 9.58 Å². The number of benzene rings is 2. The summed E-state index contributed by atoms with van der Waals surface area (Å²) in [6, 6.07) is 14.3. The maximum Gasteiger partial charge on any atom is 0.274 e. The number of anilines is 1. The summed E-state index contributed by atoms with van der Waals surface area (Å²) in [6.07, 6.45) is 4.46. The highest BCUT2D eigenvalue weighted by Crippen LogP contribution is 2.29. The van der Waals surface area contributed by atoms with Gasteiger partial charge in [0.25, 0.3) is 5.56 Å². The molecule has 1 N–H and O–H groups in total. The lowest BCUT2D eigenvalue weighted by Crippen LogP contribution is -2.55. The standard InChI is InChI=1S/C29H34N6O3/c1-5-25(22-8-6-7-19(2)13-22)35-26-14-21(9-10-24(26)28(38)32(35)4)23-15-30-29(31-16-23)33-11-12-34(20(3)17-33)27(37)18-36/h6-10,13-16,20,25,36H,5,11-12,17-18H2,1-4H3. The van der Waals surface area contributed by atoms with E-state index < -0.39 is 6.61 Å². The molecule has 5 rings (SSSR count). The Morgan fingerprint density at radius 1 is 1.11 bits per heavy atom. The number of hydrogen-bond acceptors (Lipinski definition) is 6. The Kier molecular flexibility index (Phi) is 7.03. The van der Waals surface area contributed by atoms with Gasteiger partial charge < -0.3 is 14.9 Å². The van der Waals surface area contributed by atoms with E-state index in [1.807, 2.05) is 38.5 Å². The molecule has 0 spiro atoms. The normalized spacial score (nSPS) is 16.7. The summed E-state index contributed by atoms with van der Waals surface area (Å²) in [4.78, 5) is 38.0. The third-order valence-corrected chi connectivity index (χ3v) is 7.54. The summed E-state index contributed by atoms with van der Waals surface area (Å²) in [5.74, 6) is 0.357. The average Bonchev–Trinajstić information content (AvgIpc) is 3.18. The van der Waals surface area contributed by atoms with Crippen LogP contribution in [-0.4, -0.2) is 67.5 Å². The van der Waals surface area contributed by atoms with Crippen molar-refractivity contribution in [3.63, 3.8) is 0 Å². The van der Waals surface area contributed by atoms with Crippen LogP contribution >= 0.6 is 0 Å². The number of carbonyl (C=O) groups is 1. The van der Waals surface area contributed by atoms with Crippen LogP contribution in [-0.2, 0) is 11.8 Å². The lowest BCUT2D eigenvalue weighted by atomic mass is 10.0. The Balaban J connectivity index is 1.46. The molecule has 0 saturated carbocycles. The maximum atomic E-state index is 13.1. The van der Waals surface area contributed by atoms with Crippen LogP contribution in [0.5, 0.6) is 0 Å². The second-order valence-electron chi connectivity index (χ2n) is 10.1. The van der Waals surface area contributed by atoms with Crippen molar-refractivity contribution in [3.05, 3.63) is 76.3 Å². The number of aromatic nitrogens is 4. The van der Waals surface area contributed by atoms with Crippen molar-refractivity contribution in [1.82, 2.24) is 24.2 Å². The minimum atomic E-state index is -0.473. The molecule has 9 nitrogen and oxygen atoms in total. The number of hydrogen-bond donors (Lipinski definition) is 1. The summed E-state index contributed by atoms with van der Waals surface area (Å²) >= 11 is 0. The quantitative estimate of drug-likeness (QED) is 0.425. The molecule has 1 aliphatic rings. The zero-order chi connectivity index (χ0) is 27.0. The van der Waals surface area contributed by atoms with E-state index in [2.05, 4.69) is 63.7 Å². The van der Waals surface area contributed by atoms with E-state index in [4.69, 9.17) is 0 Å². The third-order valence-electron chi connectivity index (χ3n) is 7.54. The van der Waals surface area contributed by atoms with Gasteiger partial charge in [0.1, 0.15) is 6.61 Å². The number of amides is 1. The largest absolute Gasteiger partial charge is 0.387 e. The first-order valence-corrected chi connectivity index (χ1v) is 13.1. The molecule has 0 bridgehead atoms. The van der Waals surface area contributed by atoms with Crippen LogP contribution in [0.1, 0.15) is 37.4 Å². The molecule has 2 aromatic heterocycles. The summed E-state index contributed by atoms with van der Waals surface area (Å²) < 4.78 is 3.81. The second kappa shape index (κ2) is 10.4. The van der Waals surface area contributed by atoms with Gasteiger partial charge >= 0.3 is 0 Å². The molecule has 0 aliphatic carbocycles. The minimum absolute atomic E-state index is 0.0165. The van der Waals surface area contributed by atoms with Crippen LogP contribution in [0.3, 0.4) is 0 Å². The summed E-state index contributed by atoms with van der Waals surface area (Å²) in [7, 11) is 1.83. The summed E-state index contributed by atoms with van der Waals surface area (Å²) in [6.45, 7) is 7.44. The zero-order valence-electron chi connectivity index (χ0n) is 22.3. The molecule has 198 valence electrons. The lowest BCUT2D eigenvalue weighted by molar-refractivity contribution is -0.136. The van der Waals surface area contributed by atoms with Gasteiger partial charge in [-0.25, -0.2) is 9.97 Å². The van der Waals surface area contributed by atoms with E-state index >= 15 is 0 Å². The highest BCUT2D eigenvalue weighted by molar-refractivity contribution is 5.84. The van der Waals surface area contributed by atoms with Gasteiger partial charge in [0.15, 0.2) is 0 Å². The van der Waals surface area contributed by atoms with E-state index in [0.717, 1.165) is 23.1 Å². The first-order valence-electron chi connectivity index (χ1n) is 13.1. The number of aryl methyl sites for hydroxylation is 1. The topological polar surface area (TPSA) is 96.5 Å². The fourth-order valence-corrected chi connectivity index (χ4v) is 5.55. The number of rotatable bonds is 6. The predicted octanol–water partition coefficient (Wildman–Crippen LogP) is 3.13. The monoisotopic (exact) mass is 514 g/mol. The molecule has 1 aliphatic heterocycles. The zero-order valence-corrected chi connectivity index (χ0v) is 22.3. The van der Waals surface area contributed by atoms with Gasteiger partial charge in [-0.15, -0.1) is 0 Å². The highest BCUT2D eigenvalue weighted by Gasteiger charge is 2.28. The van der Waals surface area contributed by atoms with Crippen molar-refractivity contribution in [2.24, 2.45) is 7.05 Å². The first-order chi connectivity index (χ1) is 18.3. The molecule has 0 radical (unpaired) electrons. The first kappa shape index (κ1) is 25.7. The van der Waals surface area contributed by atoms with Crippen LogP contribution in [0.15, 0.2) is 59.7 Å². The Bertz CT molecular complexity index is 1520. The molecular weight excluding hydrogens is 480 g/mol. The molecule has 4 aromatic rings. The number of aliphatic hydroxyl groups is 1. The van der Waals surface area contributed by atoms with Crippen LogP contribution in [0.25, 0.3) is 22.0 Å². The van der Waals surface area contributed by atoms with E-state index in [1.165, 1.54) is 11.1 Å². The van der Waals surface area contributed by atoms with Crippen molar-refractivity contribution in [3.8, 4) is 11.1 Å². The number of carbonyl (C=O) groups excluding carboxylic acids is 1. The van der Waals surface area contributed by atoms with Gasteiger partial charge in [0.05, 0.1) is 16.9 Å². The van der Waals surface area contributed by atoms with Crippen LogP contribution in [0, 0.1) is 6.92 Å². The van der Waals surface area contributed by atoms with Crippen LogP contribution in [0.2, 0.25) is 0 Å². The molecule has 38 heavy (non-hydrogen) atoms. The number of fused-ring (bicyclic) bond motifs is 1. The van der Waals surface area contributed by atoms with E-state index in [0.29, 0.717) is 31.0 Å². The van der Waals surface area contributed by atoms with E-state index in [-0.39, 0.29) is 23.6 Å². The molecule has 2 aromatic carbocycles. The molecule has 1 saturated heterocycles. The van der Waals surface area contributed by atoms with Crippen LogP contribution in [0.4, 0.5) is 5.95 Å². The van der Waals surface area contributed by atoms with Gasteiger partial charge in [-0.3, -0.25) is 19.0 Å². The second-order valence-corrected chi connectivity index (χ2v) is 10.1. The van der Waals surface area contributed by atoms with Crippen molar-refractivity contribution in [1.29, 1.82) is 0 Å². The number of piperazine rings is 1. The number of aliphatic hydroxyl groups excluding tert-OH is 1. The smallest absolute Gasteiger partial charge is 0.274 e. The van der Waals surface area contributed by atoms with Crippen molar-refractivity contribution < 1.29 is 9.90 Å². The van der Waals surface area contributed by atoms with Gasteiger partial charge in [-0.1, -0.05) is 42.8 Å². The molecule has 3 heterocycles. The Labute approximate surface area is 221 Å². The minimum Gasteiger partial charge on any atom is -0.387 e. The van der Waals surface area contributed by atoms with E-state index in [9.17, 15) is 14.7 Å². The Morgan fingerprint density at radius 3 is 2.53 bits per heavy atom. The SMILES string of the molecule is CCC(c1cccc(C)c1)n1c2cc(-c3cnc(N4CCN(C(=O)CO)C(C)C4)nc3)ccc2c(=O)n1C. The molecule has 1 amide bonds. The predicted molar refractivity (Wildman–Crippen MR) is 148 cm³/mol. The van der Waals surface area contributed by atoms with Crippen LogP contribution < -0.4 is 10.5 Å². The lowest BCUT2D eigenvalue weighted by Gasteiger charge is -2.39. The molecule has 2 unspecified atom stereocenters. The van der Waals surface area contributed by atoms with Gasteiger partial charge in [-0.05, 0) is 43.5 Å². The van der Waals surface area contributed by atoms with Gasteiger partial charge in [0.2, 0.25) is 11.9 Å². The Morgan fingerprint density at radius 2 is 1.87 bits per heavy atom. The molecular formula is C29H34N6O3. The summed E-state index contributed by atoms with van der Waals surface area (Å²) in [5.41, 5.74) is 5.03. The molecule has 1 fully saturated rings. The summed E-state index contributed by atoms with van der Waals surface area (Å²) in [5, 5.41) is 9.87. The van der Waals surface area contributed by atoms with Crippen molar-refractivity contribution in [2.75, 3.05) is 31.1 Å². The average molecular weight is 515 g/mol. The Hall–Kier alpha value is -3.98. The van der Waals surface area contributed by atoms with Crippen molar-refractivity contribution in [2.45, 2.75) is 39.3 Å². The third kappa shape index (κ3) is 4.58. The van der Waals surface area contributed by atoms with Crippen molar-refractivity contribution >= 4 is 22.8 Å². The molecule has 9 heteroatoms. The number of nitrogens with zero attached hydrogens (tertiary/aromatic N) is 6. The molecule has 2 atom stereocenters. The fraction of sp³-hybridized carbons (Fsp3) is 0.379.